The topological polar surface area (TPSA) is 172 Å². The van der Waals surface area contributed by atoms with Gasteiger partial charge in [-0.15, -0.1) is 4.98 Å². The summed E-state index contributed by atoms with van der Waals surface area (Å²) in [5.74, 6) is 0.194. The van der Waals surface area contributed by atoms with Crippen LogP contribution in [-0.4, -0.2) is 44.1 Å². The number of nitrogen functional groups attached to an aromatic ring is 2. The number of rotatable bonds is 5. The second-order valence-electron chi connectivity index (χ2n) is 3.26. The van der Waals surface area contributed by atoms with Crippen molar-refractivity contribution in [2.24, 2.45) is 0 Å². The molecule has 2 heterocycles. The molecule has 12 nitrogen and oxygen atoms in total. The lowest BCUT2D eigenvalue weighted by Crippen LogP contribution is -2.16. The van der Waals surface area contributed by atoms with Crippen LogP contribution in [0.2, 0.25) is 0 Å². The maximum Gasteiger partial charge on any atom is 0.324 e. The third-order valence-corrected chi connectivity index (χ3v) is 1.92. The van der Waals surface area contributed by atoms with E-state index in [4.69, 9.17) is 20.9 Å². The van der Waals surface area contributed by atoms with E-state index in [1.165, 1.54) is 14.2 Å². The van der Waals surface area contributed by atoms with Crippen LogP contribution in [0.3, 0.4) is 0 Å². The zero-order chi connectivity index (χ0) is 14.5. The van der Waals surface area contributed by atoms with E-state index in [1.54, 1.807) is 0 Å². The minimum atomic E-state index is -0.0207. The van der Waals surface area contributed by atoms with Crippen LogP contribution in [0.1, 0.15) is 0 Å². The standard InChI is InChI=1S/C8H12N10O2/c1-19-7-14-6(15-8(16-7)20-2)18-17-5-12-3(9)11-4(10)13-5/h1-2H3,(H,14,15,16,18)(H5,9,10,11,12,13,17). The van der Waals surface area contributed by atoms with Crippen LogP contribution in [0.5, 0.6) is 12.0 Å². The first-order chi connectivity index (χ1) is 9.60. The molecule has 2 rings (SSSR count). The van der Waals surface area contributed by atoms with E-state index in [0.29, 0.717) is 0 Å². The Kier molecular flexibility index (Phi) is 3.74. The average molecular weight is 280 g/mol. The lowest BCUT2D eigenvalue weighted by atomic mass is 10.8. The normalized spacial score (nSPS) is 9.90. The van der Waals surface area contributed by atoms with Gasteiger partial charge in [-0.1, -0.05) is 0 Å². The second-order valence-corrected chi connectivity index (χ2v) is 3.26. The molecule has 2 aromatic rings. The van der Waals surface area contributed by atoms with Gasteiger partial charge in [-0.2, -0.15) is 24.9 Å². The predicted octanol–water partition coefficient (Wildman–Crippen LogP) is -1.32. The molecule has 0 bridgehead atoms. The van der Waals surface area contributed by atoms with Gasteiger partial charge in [-0.05, 0) is 0 Å². The molecule has 20 heavy (non-hydrogen) atoms. The smallest absolute Gasteiger partial charge is 0.324 e. The number of anilines is 4. The number of nitrogens with zero attached hydrogens (tertiary/aromatic N) is 6. The summed E-state index contributed by atoms with van der Waals surface area (Å²) in [4.78, 5) is 22.9. The Bertz CT molecular complexity index is 563. The highest BCUT2D eigenvalue weighted by Gasteiger charge is 2.07. The summed E-state index contributed by atoms with van der Waals surface area (Å²) in [5.41, 5.74) is 16.1. The van der Waals surface area contributed by atoms with Gasteiger partial charge in [-0.3, -0.25) is 10.9 Å². The predicted molar refractivity (Wildman–Crippen MR) is 68.8 cm³/mol. The van der Waals surface area contributed by atoms with Gasteiger partial charge in [0.1, 0.15) is 0 Å². The van der Waals surface area contributed by atoms with Gasteiger partial charge in [0.05, 0.1) is 14.2 Å². The van der Waals surface area contributed by atoms with Gasteiger partial charge in [0.25, 0.3) is 5.95 Å². The minimum Gasteiger partial charge on any atom is -0.467 e. The van der Waals surface area contributed by atoms with Crippen molar-refractivity contribution in [3.8, 4) is 12.0 Å². The fraction of sp³-hybridized carbons (Fsp3) is 0.250. The number of hydrazine groups is 1. The molecule has 0 aliphatic rings. The molecule has 0 radical (unpaired) electrons. The van der Waals surface area contributed by atoms with Crippen molar-refractivity contribution in [3.63, 3.8) is 0 Å². The molecule has 106 valence electrons. The Morgan fingerprint density at radius 3 is 1.60 bits per heavy atom. The van der Waals surface area contributed by atoms with Crippen LogP contribution >= 0.6 is 0 Å². The number of ether oxygens (including phenoxy) is 2. The molecule has 0 amide bonds. The first kappa shape index (κ1) is 13.3. The van der Waals surface area contributed by atoms with Crippen molar-refractivity contribution < 1.29 is 9.47 Å². The molecule has 0 aromatic carbocycles. The zero-order valence-corrected chi connectivity index (χ0v) is 10.7. The molecule has 0 spiro atoms. The summed E-state index contributed by atoms with van der Waals surface area (Å²) in [6.07, 6.45) is 0. The van der Waals surface area contributed by atoms with Crippen molar-refractivity contribution in [3.05, 3.63) is 0 Å². The van der Waals surface area contributed by atoms with Gasteiger partial charge in [-0.25, -0.2) is 0 Å². The van der Waals surface area contributed by atoms with E-state index < -0.39 is 0 Å². The van der Waals surface area contributed by atoms with Gasteiger partial charge in [0.15, 0.2) is 0 Å². The first-order valence-electron chi connectivity index (χ1n) is 5.24. The number of hydrogen-bond donors (Lipinski definition) is 4. The minimum absolute atomic E-state index is 0.0207. The molecule has 0 saturated carbocycles. The largest absolute Gasteiger partial charge is 0.467 e. The van der Waals surface area contributed by atoms with E-state index in [9.17, 15) is 0 Å². The summed E-state index contributed by atoms with van der Waals surface area (Å²) in [6, 6.07) is 0.159. The van der Waals surface area contributed by atoms with Gasteiger partial charge >= 0.3 is 12.0 Å². The van der Waals surface area contributed by atoms with Gasteiger partial charge in [0.2, 0.25) is 17.8 Å². The van der Waals surface area contributed by atoms with E-state index >= 15 is 0 Å². The number of aromatic nitrogens is 6. The summed E-state index contributed by atoms with van der Waals surface area (Å²) in [5, 5.41) is 0. The molecule has 6 N–H and O–H groups in total. The summed E-state index contributed by atoms with van der Waals surface area (Å²) in [6.45, 7) is 0. The third-order valence-electron chi connectivity index (χ3n) is 1.92. The monoisotopic (exact) mass is 280 g/mol. The highest BCUT2D eigenvalue weighted by molar-refractivity contribution is 5.41. The van der Waals surface area contributed by atoms with Crippen molar-refractivity contribution in [2.45, 2.75) is 0 Å². The summed E-state index contributed by atoms with van der Waals surface area (Å²) >= 11 is 0. The lowest BCUT2D eigenvalue weighted by molar-refractivity contribution is 0.341. The maximum absolute atomic E-state index is 5.43. The Morgan fingerprint density at radius 2 is 1.15 bits per heavy atom. The van der Waals surface area contributed by atoms with Crippen molar-refractivity contribution in [2.75, 3.05) is 36.5 Å². The maximum atomic E-state index is 5.43. The number of hydrogen-bond acceptors (Lipinski definition) is 12. The SMILES string of the molecule is COc1nc(NNc2nc(N)nc(N)n2)nc(OC)n1. The third kappa shape index (κ3) is 3.18. The van der Waals surface area contributed by atoms with Crippen LogP contribution in [0.15, 0.2) is 0 Å². The Hall–Kier alpha value is -3.18. The molecule has 2 aromatic heterocycles. The van der Waals surface area contributed by atoms with Crippen molar-refractivity contribution in [1.82, 2.24) is 29.9 Å². The van der Waals surface area contributed by atoms with E-state index in [1.807, 2.05) is 0 Å². The quantitative estimate of drug-likeness (QED) is 0.476. The average Bonchev–Trinajstić information content (AvgIpc) is 2.43. The van der Waals surface area contributed by atoms with Crippen molar-refractivity contribution >= 4 is 23.8 Å². The Balaban J connectivity index is 2.13. The fourth-order valence-corrected chi connectivity index (χ4v) is 1.15. The number of nitrogens with two attached hydrogens (primary N) is 2. The molecule has 0 unspecified atom stereocenters. The Morgan fingerprint density at radius 1 is 0.700 bits per heavy atom. The molecular weight excluding hydrogens is 268 g/mol. The van der Waals surface area contributed by atoms with E-state index in [-0.39, 0.29) is 35.8 Å². The van der Waals surface area contributed by atoms with Crippen molar-refractivity contribution in [1.29, 1.82) is 0 Å². The lowest BCUT2D eigenvalue weighted by Gasteiger charge is -2.08. The molecule has 0 aliphatic heterocycles. The van der Waals surface area contributed by atoms with E-state index in [0.717, 1.165) is 0 Å². The second kappa shape index (κ2) is 5.64. The van der Waals surface area contributed by atoms with Crippen LogP contribution in [0, 0.1) is 0 Å². The highest BCUT2D eigenvalue weighted by atomic mass is 16.5. The number of nitrogens with one attached hydrogen (secondary N) is 2. The summed E-state index contributed by atoms with van der Waals surface area (Å²) < 4.78 is 9.79. The molecule has 0 atom stereocenters. The first-order valence-corrected chi connectivity index (χ1v) is 5.24. The van der Waals surface area contributed by atoms with Gasteiger partial charge < -0.3 is 20.9 Å². The Labute approximate surface area is 113 Å². The molecule has 12 heteroatoms. The van der Waals surface area contributed by atoms with Crippen LogP contribution in [0.4, 0.5) is 23.8 Å². The summed E-state index contributed by atoms with van der Waals surface area (Å²) in [7, 11) is 2.83. The van der Waals surface area contributed by atoms with E-state index in [2.05, 4.69) is 40.8 Å². The van der Waals surface area contributed by atoms with Crippen LogP contribution < -0.4 is 31.8 Å². The zero-order valence-electron chi connectivity index (χ0n) is 10.7. The van der Waals surface area contributed by atoms with Crippen LogP contribution in [0.25, 0.3) is 0 Å². The fourth-order valence-electron chi connectivity index (χ4n) is 1.15. The molecule has 0 saturated heterocycles. The van der Waals surface area contributed by atoms with Crippen LogP contribution in [-0.2, 0) is 0 Å². The molecule has 0 aliphatic carbocycles. The number of methoxy groups -OCH3 is 2. The van der Waals surface area contributed by atoms with Gasteiger partial charge in [0, 0.05) is 0 Å². The highest BCUT2D eigenvalue weighted by Crippen LogP contribution is 2.12. The molecule has 0 fully saturated rings. The molecular formula is C8H12N10O2.